The number of nitrogens with one attached hydrogen (secondary N) is 1. The van der Waals surface area contributed by atoms with Crippen LogP contribution in [0.5, 0.6) is 0 Å². The molecule has 7 heteroatoms. The van der Waals surface area contributed by atoms with Gasteiger partial charge in [0.2, 0.25) is 5.91 Å². The Bertz CT molecular complexity index is 625. The molecule has 2 saturated carbocycles. The summed E-state index contributed by atoms with van der Waals surface area (Å²) in [7, 11) is 0. The quantitative estimate of drug-likeness (QED) is 0.906. The summed E-state index contributed by atoms with van der Waals surface area (Å²) in [6, 6.07) is 0.263. The van der Waals surface area contributed by atoms with Gasteiger partial charge in [0, 0.05) is 11.7 Å². The lowest BCUT2D eigenvalue weighted by Crippen LogP contribution is -2.43. The van der Waals surface area contributed by atoms with Gasteiger partial charge in [0.15, 0.2) is 5.69 Å². The van der Waals surface area contributed by atoms with Gasteiger partial charge in [-0.05, 0) is 63.9 Å². The topological polar surface area (TPSA) is 46.9 Å². The van der Waals surface area contributed by atoms with E-state index in [-0.39, 0.29) is 11.9 Å². The van der Waals surface area contributed by atoms with Gasteiger partial charge in [0.05, 0.1) is 0 Å². The molecule has 0 radical (unpaired) electrons. The third kappa shape index (κ3) is 3.17. The molecule has 1 aromatic rings. The second kappa shape index (κ2) is 6.08. The van der Waals surface area contributed by atoms with Crippen molar-refractivity contribution in [1.82, 2.24) is 15.1 Å². The van der Waals surface area contributed by atoms with Crippen molar-refractivity contribution in [2.75, 3.05) is 0 Å². The molecule has 2 fully saturated rings. The molecule has 1 aromatic heterocycles. The number of halogens is 3. The SMILES string of the molecule is Cc1cc(C(F)(F)F)nn1C(C)C(=O)NC(C)C1CC2CCC1C2. The molecule has 0 aliphatic heterocycles. The zero-order chi connectivity index (χ0) is 17.6. The van der Waals surface area contributed by atoms with Crippen LogP contribution in [0, 0.1) is 24.7 Å². The Kier molecular flexibility index (Phi) is 4.38. The Balaban J connectivity index is 1.65. The number of amides is 1. The number of carbonyl (C=O) groups is 1. The van der Waals surface area contributed by atoms with Crippen molar-refractivity contribution >= 4 is 5.91 Å². The molecule has 134 valence electrons. The minimum absolute atomic E-state index is 0.0493. The van der Waals surface area contributed by atoms with E-state index in [1.54, 1.807) is 6.92 Å². The van der Waals surface area contributed by atoms with Crippen LogP contribution in [0.2, 0.25) is 0 Å². The number of hydrogen-bond donors (Lipinski definition) is 1. The molecule has 1 N–H and O–H groups in total. The van der Waals surface area contributed by atoms with E-state index in [2.05, 4.69) is 10.4 Å². The molecular weight excluding hydrogens is 319 g/mol. The normalized spacial score (nSPS) is 28.8. The summed E-state index contributed by atoms with van der Waals surface area (Å²) in [5.41, 5.74) is -0.627. The van der Waals surface area contributed by atoms with Gasteiger partial charge in [-0.2, -0.15) is 18.3 Å². The standard InChI is InChI=1S/C17H24F3N3O/c1-9-6-15(17(18,19)20)22-23(9)11(3)16(24)21-10(2)14-8-12-4-5-13(14)7-12/h6,10-14H,4-5,7-8H2,1-3H3,(H,21,24). The second-order valence-electron chi connectivity index (χ2n) is 7.43. The summed E-state index contributed by atoms with van der Waals surface area (Å²) in [5.74, 6) is 1.69. The average molecular weight is 343 g/mol. The Morgan fingerprint density at radius 1 is 1.33 bits per heavy atom. The van der Waals surface area contributed by atoms with Crippen LogP contribution in [0.4, 0.5) is 13.2 Å². The Hall–Kier alpha value is -1.53. The van der Waals surface area contributed by atoms with Gasteiger partial charge < -0.3 is 5.32 Å². The van der Waals surface area contributed by atoms with Crippen molar-refractivity contribution in [2.24, 2.45) is 17.8 Å². The Morgan fingerprint density at radius 3 is 2.54 bits per heavy atom. The summed E-state index contributed by atoms with van der Waals surface area (Å²) in [6.45, 7) is 5.13. The maximum Gasteiger partial charge on any atom is 0.435 e. The first-order valence-corrected chi connectivity index (χ1v) is 8.60. The van der Waals surface area contributed by atoms with Gasteiger partial charge in [-0.25, -0.2) is 0 Å². The van der Waals surface area contributed by atoms with Crippen molar-refractivity contribution in [3.63, 3.8) is 0 Å². The van der Waals surface area contributed by atoms with Gasteiger partial charge in [0.25, 0.3) is 0 Å². The first-order chi connectivity index (χ1) is 11.2. The summed E-state index contributed by atoms with van der Waals surface area (Å²) in [5, 5.41) is 6.57. The van der Waals surface area contributed by atoms with E-state index in [4.69, 9.17) is 0 Å². The van der Waals surface area contributed by atoms with E-state index in [1.807, 2.05) is 6.92 Å². The molecule has 4 nitrogen and oxygen atoms in total. The van der Waals surface area contributed by atoms with E-state index in [1.165, 1.54) is 26.2 Å². The minimum Gasteiger partial charge on any atom is -0.352 e. The summed E-state index contributed by atoms with van der Waals surface area (Å²) >= 11 is 0. The first kappa shape index (κ1) is 17.3. The fraction of sp³-hybridized carbons (Fsp3) is 0.765. The fourth-order valence-electron chi connectivity index (χ4n) is 4.49. The van der Waals surface area contributed by atoms with Crippen LogP contribution in [0.1, 0.15) is 57.0 Å². The summed E-state index contributed by atoms with van der Waals surface area (Å²) in [4.78, 5) is 12.5. The third-order valence-corrected chi connectivity index (χ3v) is 5.76. The maximum atomic E-state index is 12.8. The van der Waals surface area contributed by atoms with Crippen LogP contribution in [-0.2, 0) is 11.0 Å². The summed E-state index contributed by atoms with van der Waals surface area (Å²) in [6.07, 6.45) is 0.443. The monoisotopic (exact) mass is 343 g/mol. The van der Waals surface area contributed by atoms with E-state index >= 15 is 0 Å². The van der Waals surface area contributed by atoms with E-state index in [0.29, 0.717) is 17.5 Å². The Morgan fingerprint density at radius 2 is 2.04 bits per heavy atom. The largest absolute Gasteiger partial charge is 0.435 e. The van der Waals surface area contributed by atoms with Crippen LogP contribution >= 0.6 is 0 Å². The predicted octanol–water partition coefficient (Wildman–Crippen LogP) is 3.71. The summed E-state index contributed by atoms with van der Waals surface area (Å²) < 4.78 is 39.5. The first-order valence-electron chi connectivity index (χ1n) is 8.60. The van der Waals surface area contributed by atoms with Crippen LogP contribution < -0.4 is 5.32 Å². The second-order valence-corrected chi connectivity index (χ2v) is 7.43. The highest BCUT2D eigenvalue weighted by Gasteiger charge is 2.42. The molecule has 1 amide bonds. The highest BCUT2D eigenvalue weighted by Crippen LogP contribution is 2.49. The number of alkyl halides is 3. The van der Waals surface area contributed by atoms with Crippen LogP contribution in [0.3, 0.4) is 0 Å². The van der Waals surface area contributed by atoms with Crippen molar-refractivity contribution in [3.05, 3.63) is 17.5 Å². The number of carbonyl (C=O) groups excluding carboxylic acids is 1. The number of nitrogens with zero attached hydrogens (tertiary/aromatic N) is 2. The minimum atomic E-state index is -4.50. The molecule has 3 rings (SSSR count). The highest BCUT2D eigenvalue weighted by atomic mass is 19.4. The molecule has 5 atom stereocenters. The molecule has 2 aliphatic carbocycles. The smallest absolute Gasteiger partial charge is 0.352 e. The number of aromatic nitrogens is 2. The predicted molar refractivity (Wildman–Crippen MR) is 83.2 cm³/mol. The van der Waals surface area contributed by atoms with Gasteiger partial charge in [-0.15, -0.1) is 0 Å². The molecular formula is C17H24F3N3O. The van der Waals surface area contributed by atoms with Crippen molar-refractivity contribution in [3.8, 4) is 0 Å². The number of rotatable bonds is 4. The number of hydrogen-bond acceptors (Lipinski definition) is 2. The van der Waals surface area contributed by atoms with Gasteiger partial charge in [0.1, 0.15) is 6.04 Å². The van der Waals surface area contributed by atoms with E-state index in [0.717, 1.165) is 23.1 Å². The van der Waals surface area contributed by atoms with Crippen LogP contribution in [0.25, 0.3) is 0 Å². The van der Waals surface area contributed by atoms with Gasteiger partial charge >= 0.3 is 6.18 Å². The van der Waals surface area contributed by atoms with Gasteiger partial charge in [-0.3, -0.25) is 9.48 Å². The van der Waals surface area contributed by atoms with Gasteiger partial charge in [-0.1, -0.05) is 6.42 Å². The molecule has 0 saturated heterocycles. The van der Waals surface area contributed by atoms with Crippen molar-refractivity contribution in [1.29, 1.82) is 0 Å². The zero-order valence-corrected chi connectivity index (χ0v) is 14.2. The fourth-order valence-corrected chi connectivity index (χ4v) is 4.49. The van der Waals surface area contributed by atoms with Crippen LogP contribution in [-0.4, -0.2) is 21.7 Å². The number of aryl methyl sites for hydroxylation is 1. The molecule has 0 aromatic carbocycles. The molecule has 5 unspecified atom stereocenters. The lowest BCUT2D eigenvalue weighted by atomic mass is 9.84. The van der Waals surface area contributed by atoms with Crippen molar-refractivity contribution in [2.45, 2.75) is 64.7 Å². The third-order valence-electron chi connectivity index (χ3n) is 5.76. The lowest BCUT2D eigenvalue weighted by molar-refractivity contribution is -0.142. The highest BCUT2D eigenvalue weighted by molar-refractivity contribution is 5.80. The molecule has 1 heterocycles. The zero-order valence-electron chi connectivity index (χ0n) is 14.2. The molecule has 0 spiro atoms. The number of fused-ring (bicyclic) bond motifs is 2. The van der Waals surface area contributed by atoms with Crippen LogP contribution in [0.15, 0.2) is 6.07 Å². The maximum absolute atomic E-state index is 12.8. The van der Waals surface area contributed by atoms with E-state index < -0.39 is 17.9 Å². The van der Waals surface area contributed by atoms with Crippen molar-refractivity contribution < 1.29 is 18.0 Å². The average Bonchev–Trinajstić information content (AvgIpc) is 3.20. The molecule has 2 bridgehead atoms. The molecule has 24 heavy (non-hydrogen) atoms. The molecule has 2 aliphatic rings. The lowest BCUT2D eigenvalue weighted by Gasteiger charge is -2.29. The Labute approximate surface area is 139 Å². The van der Waals surface area contributed by atoms with E-state index in [9.17, 15) is 18.0 Å².